The van der Waals surface area contributed by atoms with Crippen molar-refractivity contribution in [1.82, 2.24) is 5.32 Å². The molecule has 0 aliphatic heterocycles. The highest BCUT2D eigenvalue weighted by atomic mass is 79.9. The molecule has 1 amide bonds. The van der Waals surface area contributed by atoms with Gasteiger partial charge in [0.15, 0.2) is 5.11 Å². The summed E-state index contributed by atoms with van der Waals surface area (Å²) in [6.45, 7) is 1.95. The Bertz CT molecular complexity index is 1060. The van der Waals surface area contributed by atoms with Crippen LogP contribution >= 0.6 is 28.1 Å². The Morgan fingerprint density at radius 1 is 1.07 bits per heavy atom. The number of amides is 1. The number of rotatable bonds is 4. The van der Waals surface area contributed by atoms with Crippen LogP contribution in [0.25, 0.3) is 11.3 Å². The first-order valence-corrected chi connectivity index (χ1v) is 9.35. The van der Waals surface area contributed by atoms with E-state index >= 15 is 0 Å². The maximum Gasteiger partial charge on any atom is 0.371 e. The first-order chi connectivity index (χ1) is 13.3. The largest absolute Gasteiger partial charge is 0.475 e. The topological polar surface area (TPSA) is 91.6 Å². The van der Waals surface area contributed by atoms with Crippen molar-refractivity contribution >= 4 is 50.8 Å². The molecule has 142 valence electrons. The lowest BCUT2D eigenvalue weighted by molar-refractivity contribution is 0.0663. The number of hydrogen-bond donors (Lipinski definition) is 3. The van der Waals surface area contributed by atoms with Gasteiger partial charge in [0.25, 0.3) is 5.91 Å². The van der Waals surface area contributed by atoms with Crippen LogP contribution in [0.1, 0.15) is 26.5 Å². The van der Waals surface area contributed by atoms with E-state index in [1.807, 2.05) is 19.1 Å². The summed E-state index contributed by atoms with van der Waals surface area (Å²) >= 11 is 8.63. The van der Waals surface area contributed by atoms with Gasteiger partial charge in [0.05, 0.1) is 0 Å². The first-order valence-electron chi connectivity index (χ1n) is 8.15. The fourth-order valence-corrected chi connectivity index (χ4v) is 3.22. The van der Waals surface area contributed by atoms with Crippen LogP contribution in [0.5, 0.6) is 0 Å². The summed E-state index contributed by atoms with van der Waals surface area (Å²) in [4.78, 5) is 23.2. The maximum atomic E-state index is 12.2. The second kappa shape index (κ2) is 8.37. The molecule has 6 nitrogen and oxygen atoms in total. The van der Waals surface area contributed by atoms with Crippen LogP contribution in [0, 0.1) is 6.92 Å². The summed E-state index contributed by atoms with van der Waals surface area (Å²) < 4.78 is 5.99. The minimum atomic E-state index is -1.13. The summed E-state index contributed by atoms with van der Waals surface area (Å²) in [6.07, 6.45) is 0. The molecule has 0 bridgehead atoms. The number of hydrogen-bond acceptors (Lipinski definition) is 4. The first kappa shape index (κ1) is 19.8. The van der Waals surface area contributed by atoms with E-state index in [-0.39, 0.29) is 16.8 Å². The van der Waals surface area contributed by atoms with Crippen molar-refractivity contribution in [2.24, 2.45) is 0 Å². The highest BCUT2D eigenvalue weighted by Crippen LogP contribution is 2.32. The predicted octanol–water partition coefficient (Wildman–Crippen LogP) is 4.84. The average Bonchev–Trinajstić information content (AvgIpc) is 3.12. The fourth-order valence-electron chi connectivity index (χ4n) is 2.43. The Hall–Kier alpha value is -2.97. The standard InChI is InChI=1S/C20H15BrN2O4S/c1-11-2-4-12(5-3-11)18(24)23-20(28)22-13-6-7-14(15(21)10-13)16-8-9-17(27-16)19(25)26/h2-10H,1H3,(H,25,26)(H2,22,23,24,28). The zero-order valence-electron chi connectivity index (χ0n) is 14.7. The molecule has 0 saturated heterocycles. The van der Waals surface area contributed by atoms with Gasteiger partial charge in [-0.15, -0.1) is 0 Å². The van der Waals surface area contributed by atoms with Crippen molar-refractivity contribution < 1.29 is 19.1 Å². The van der Waals surface area contributed by atoms with Crippen LogP contribution in [0.3, 0.4) is 0 Å². The minimum absolute atomic E-state index is 0.135. The smallest absolute Gasteiger partial charge is 0.371 e. The molecule has 8 heteroatoms. The fraction of sp³-hybridized carbons (Fsp3) is 0.0500. The van der Waals surface area contributed by atoms with Gasteiger partial charge in [-0.1, -0.05) is 17.7 Å². The van der Waals surface area contributed by atoms with Gasteiger partial charge in [-0.2, -0.15) is 0 Å². The summed E-state index contributed by atoms with van der Waals surface area (Å²) in [5, 5.41) is 14.7. The molecular weight excluding hydrogens is 444 g/mol. The Kier molecular flexibility index (Phi) is 5.91. The van der Waals surface area contributed by atoms with Crippen LogP contribution in [0.15, 0.2) is 63.5 Å². The second-order valence-corrected chi connectivity index (χ2v) is 7.20. The molecule has 2 aromatic carbocycles. The van der Waals surface area contributed by atoms with Gasteiger partial charge in [0.1, 0.15) is 5.76 Å². The highest BCUT2D eigenvalue weighted by Gasteiger charge is 2.13. The summed E-state index contributed by atoms with van der Waals surface area (Å²) in [5.41, 5.74) is 2.91. The number of halogens is 1. The molecule has 0 aliphatic rings. The van der Waals surface area contributed by atoms with Gasteiger partial charge in [-0.3, -0.25) is 10.1 Å². The summed E-state index contributed by atoms with van der Waals surface area (Å²) in [6, 6.07) is 15.4. The Morgan fingerprint density at radius 2 is 1.79 bits per heavy atom. The third-order valence-electron chi connectivity index (χ3n) is 3.85. The molecule has 28 heavy (non-hydrogen) atoms. The quantitative estimate of drug-likeness (QED) is 0.484. The van der Waals surface area contributed by atoms with Crippen molar-refractivity contribution in [3.63, 3.8) is 0 Å². The van der Waals surface area contributed by atoms with Crippen molar-refractivity contribution in [2.45, 2.75) is 6.92 Å². The van der Waals surface area contributed by atoms with E-state index in [9.17, 15) is 9.59 Å². The van der Waals surface area contributed by atoms with Gasteiger partial charge in [0.2, 0.25) is 5.76 Å². The summed E-state index contributed by atoms with van der Waals surface area (Å²) in [7, 11) is 0. The second-order valence-electron chi connectivity index (χ2n) is 5.94. The van der Waals surface area contributed by atoms with Crippen molar-refractivity contribution in [2.75, 3.05) is 5.32 Å². The Balaban J connectivity index is 1.68. The van der Waals surface area contributed by atoms with Gasteiger partial charge >= 0.3 is 5.97 Å². The van der Waals surface area contributed by atoms with Gasteiger partial charge in [0, 0.05) is 21.3 Å². The molecule has 0 spiro atoms. The molecular formula is C20H15BrN2O4S. The van der Waals surface area contributed by atoms with E-state index in [1.165, 1.54) is 6.07 Å². The third kappa shape index (κ3) is 4.65. The number of aromatic carboxylic acids is 1. The molecule has 0 radical (unpaired) electrons. The lowest BCUT2D eigenvalue weighted by Gasteiger charge is -2.11. The van der Waals surface area contributed by atoms with Crippen LogP contribution in [0.4, 0.5) is 5.69 Å². The monoisotopic (exact) mass is 458 g/mol. The number of anilines is 1. The van der Waals surface area contributed by atoms with Crippen LogP contribution in [-0.2, 0) is 0 Å². The normalized spacial score (nSPS) is 10.4. The third-order valence-corrected chi connectivity index (χ3v) is 4.71. The molecule has 0 atom stereocenters. The number of carbonyl (C=O) groups is 2. The molecule has 3 N–H and O–H groups in total. The number of carboxylic acid groups (broad SMARTS) is 1. The van der Waals surface area contributed by atoms with E-state index in [4.69, 9.17) is 21.7 Å². The van der Waals surface area contributed by atoms with Gasteiger partial charge in [-0.25, -0.2) is 4.79 Å². The van der Waals surface area contributed by atoms with Gasteiger partial charge < -0.3 is 14.8 Å². The highest BCUT2D eigenvalue weighted by molar-refractivity contribution is 9.10. The van der Waals surface area contributed by atoms with Crippen molar-refractivity contribution in [3.8, 4) is 11.3 Å². The molecule has 0 fully saturated rings. The van der Waals surface area contributed by atoms with Crippen molar-refractivity contribution in [3.05, 3.63) is 76.0 Å². The number of carbonyl (C=O) groups excluding carboxylic acids is 1. The van der Waals surface area contributed by atoms with E-state index in [0.717, 1.165) is 5.56 Å². The van der Waals surface area contributed by atoms with Gasteiger partial charge in [-0.05, 0) is 77.5 Å². The molecule has 0 aliphatic carbocycles. The lowest BCUT2D eigenvalue weighted by atomic mass is 10.1. The Morgan fingerprint density at radius 3 is 2.39 bits per heavy atom. The minimum Gasteiger partial charge on any atom is -0.475 e. The molecule has 0 saturated carbocycles. The maximum absolute atomic E-state index is 12.2. The molecule has 1 heterocycles. The molecule has 3 rings (SSSR count). The number of benzene rings is 2. The average molecular weight is 459 g/mol. The number of thiocarbonyl (C=S) groups is 1. The molecule has 1 aromatic heterocycles. The number of carboxylic acids is 1. The van der Waals surface area contributed by atoms with E-state index in [0.29, 0.717) is 27.0 Å². The lowest BCUT2D eigenvalue weighted by Crippen LogP contribution is -2.34. The van der Waals surface area contributed by atoms with E-state index in [1.54, 1.807) is 36.4 Å². The van der Waals surface area contributed by atoms with Crippen LogP contribution < -0.4 is 10.6 Å². The number of aryl methyl sites for hydroxylation is 1. The molecule has 0 unspecified atom stereocenters. The zero-order valence-corrected chi connectivity index (χ0v) is 17.1. The van der Waals surface area contributed by atoms with Crippen LogP contribution in [0.2, 0.25) is 0 Å². The zero-order chi connectivity index (χ0) is 20.3. The molecule has 3 aromatic rings. The summed E-state index contributed by atoms with van der Waals surface area (Å²) in [5.74, 6) is -1.14. The SMILES string of the molecule is Cc1ccc(C(=O)NC(=S)Nc2ccc(-c3ccc(C(=O)O)o3)c(Br)c2)cc1. The van der Waals surface area contributed by atoms with Crippen molar-refractivity contribution in [1.29, 1.82) is 0 Å². The van der Waals surface area contributed by atoms with E-state index < -0.39 is 5.97 Å². The number of nitrogens with one attached hydrogen (secondary N) is 2. The predicted molar refractivity (Wildman–Crippen MR) is 114 cm³/mol. The van der Waals surface area contributed by atoms with E-state index in [2.05, 4.69) is 26.6 Å². The number of furan rings is 1. The van der Waals surface area contributed by atoms with Crippen LogP contribution in [-0.4, -0.2) is 22.1 Å². The Labute approximate surface area is 174 Å².